The van der Waals surface area contributed by atoms with E-state index in [0.717, 1.165) is 0 Å². The molecule has 2 aliphatic heterocycles. The molecule has 0 radical (unpaired) electrons. The van der Waals surface area contributed by atoms with Crippen LogP contribution in [0.2, 0.25) is 0 Å². The topological polar surface area (TPSA) is 131 Å². The minimum absolute atomic E-state index is 0.0687. The normalized spacial score (nSPS) is 18.3. The number of sulfonamides is 1. The zero-order valence-corrected chi connectivity index (χ0v) is 18.7. The van der Waals surface area contributed by atoms with Crippen molar-refractivity contribution in [2.45, 2.75) is 23.8 Å². The Balaban J connectivity index is 1.63. The highest BCUT2D eigenvalue weighted by Crippen LogP contribution is 2.31. The van der Waals surface area contributed by atoms with Crippen LogP contribution in [0.1, 0.15) is 39.1 Å². The lowest BCUT2D eigenvalue weighted by Crippen LogP contribution is -2.43. The fourth-order valence-electron chi connectivity index (χ4n) is 3.99. The molecule has 1 saturated heterocycles. The SMILES string of the molecule is COC(=O)c1cc(NC(=O)[C@@H]2CCCN2C2=NS(=O)(=O)c3ccccc32)cc(C(=O)OC)c1. The van der Waals surface area contributed by atoms with Crippen LogP contribution in [-0.2, 0) is 24.3 Å². The van der Waals surface area contributed by atoms with Crippen LogP contribution in [0.3, 0.4) is 0 Å². The quantitative estimate of drug-likeness (QED) is 0.668. The number of nitrogens with zero attached hydrogens (tertiary/aromatic N) is 2. The molecule has 0 spiro atoms. The minimum atomic E-state index is -3.82. The van der Waals surface area contributed by atoms with Gasteiger partial charge in [-0.05, 0) is 43.2 Å². The smallest absolute Gasteiger partial charge is 0.337 e. The maximum atomic E-state index is 13.2. The number of nitrogens with one attached hydrogen (secondary N) is 1. The van der Waals surface area contributed by atoms with E-state index in [1.54, 1.807) is 23.1 Å². The van der Waals surface area contributed by atoms with Crippen LogP contribution >= 0.6 is 0 Å². The summed E-state index contributed by atoms with van der Waals surface area (Å²) in [6.45, 7) is 0.455. The molecule has 1 N–H and O–H groups in total. The van der Waals surface area contributed by atoms with E-state index in [1.807, 2.05) is 0 Å². The first-order valence-electron chi connectivity index (χ1n) is 10.1. The molecule has 2 aliphatic rings. The molecular formula is C22H21N3O7S. The van der Waals surface area contributed by atoms with Gasteiger partial charge in [0.1, 0.15) is 10.9 Å². The first-order chi connectivity index (χ1) is 15.7. The summed E-state index contributed by atoms with van der Waals surface area (Å²) in [5.41, 5.74) is 0.799. The molecule has 1 fully saturated rings. The predicted octanol–water partition coefficient (Wildman–Crippen LogP) is 1.81. The van der Waals surface area contributed by atoms with E-state index < -0.39 is 33.9 Å². The zero-order valence-electron chi connectivity index (χ0n) is 17.9. The van der Waals surface area contributed by atoms with E-state index in [1.165, 1.54) is 38.5 Å². The summed E-state index contributed by atoms with van der Waals surface area (Å²) in [7, 11) is -1.42. The maximum absolute atomic E-state index is 13.2. The number of ether oxygens (including phenoxy) is 2. The highest BCUT2D eigenvalue weighted by molar-refractivity contribution is 7.90. The second-order valence-corrected chi connectivity index (χ2v) is 9.08. The lowest BCUT2D eigenvalue weighted by molar-refractivity contribution is -0.119. The lowest BCUT2D eigenvalue weighted by atomic mass is 10.1. The van der Waals surface area contributed by atoms with Crippen LogP contribution < -0.4 is 5.32 Å². The van der Waals surface area contributed by atoms with Gasteiger partial charge < -0.3 is 19.7 Å². The van der Waals surface area contributed by atoms with Crippen molar-refractivity contribution in [3.8, 4) is 0 Å². The molecule has 0 unspecified atom stereocenters. The summed E-state index contributed by atoms with van der Waals surface area (Å²) in [6, 6.07) is 9.89. The van der Waals surface area contributed by atoms with Gasteiger partial charge >= 0.3 is 11.9 Å². The molecule has 4 rings (SSSR count). The minimum Gasteiger partial charge on any atom is -0.465 e. The average Bonchev–Trinajstić information content (AvgIpc) is 3.40. The Morgan fingerprint density at radius 3 is 2.30 bits per heavy atom. The monoisotopic (exact) mass is 471 g/mol. The van der Waals surface area contributed by atoms with Crippen molar-refractivity contribution in [1.82, 2.24) is 4.90 Å². The predicted molar refractivity (Wildman–Crippen MR) is 118 cm³/mol. The third-order valence-electron chi connectivity index (χ3n) is 5.48. The van der Waals surface area contributed by atoms with E-state index in [0.29, 0.717) is 24.9 Å². The number of esters is 2. The Labute approximate surface area is 190 Å². The van der Waals surface area contributed by atoms with E-state index in [2.05, 4.69) is 9.71 Å². The number of benzene rings is 2. The Hall–Kier alpha value is -3.73. The fraction of sp³-hybridized carbons (Fsp3) is 0.273. The van der Waals surface area contributed by atoms with Crippen molar-refractivity contribution in [2.24, 2.45) is 4.40 Å². The summed E-state index contributed by atoms with van der Waals surface area (Å²) < 4.78 is 38.2. The van der Waals surface area contributed by atoms with E-state index in [-0.39, 0.29) is 27.5 Å². The third-order valence-corrected chi connectivity index (χ3v) is 6.81. The van der Waals surface area contributed by atoms with Crippen LogP contribution in [0.25, 0.3) is 0 Å². The molecule has 0 aromatic heterocycles. The van der Waals surface area contributed by atoms with Gasteiger partial charge in [-0.1, -0.05) is 12.1 Å². The molecule has 11 heteroatoms. The highest BCUT2D eigenvalue weighted by Gasteiger charge is 2.39. The van der Waals surface area contributed by atoms with Gasteiger partial charge in [-0.15, -0.1) is 4.40 Å². The number of fused-ring (bicyclic) bond motifs is 1. The molecule has 10 nitrogen and oxygen atoms in total. The molecule has 0 aliphatic carbocycles. The first kappa shape index (κ1) is 22.5. The number of rotatable bonds is 4. The molecule has 0 saturated carbocycles. The number of carbonyl (C=O) groups is 3. The molecule has 1 amide bonds. The summed E-state index contributed by atoms with van der Waals surface area (Å²) in [6.07, 6.45) is 1.14. The van der Waals surface area contributed by atoms with Gasteiger partial charge in [-0.2, -0.15) is 8.42 Å². The van der Waals surface area contributed by atoms with Gasteiger partial charge in [0, 0.05) is 17.8 Å². The van der Waals surface area contributed by atoms with Crippen LogP contribution in [0, 0.1) is 0 Å². The Bertz CT molecular complexity index is 1250. The number of hydrogen-bond donors (Lipinski definition) is 1. The number of likely N-dealkylation sites (tertiary alicyclic amines) is 1. The summed E-state index contributed by atoms with van der Waals surface area (Å²) in [5.74, 6) is -1.54. The molecule has 33 heavy (non-hydrogen) atoms. The van der Waals surface area contributed by atoms with Crippen LogP contribution in [0.15, 0.2) is 51.8 Å². The molecule has 2 aromatic carbocycles. The van der Waals surface area contributed by atoms with Gasteiger partial charge in [0.2, 0.25) is 5.91 Å². The van der Waals surface area contributed by atoms with Gasteiger partial charge in [-0.25, -0.2) is 9.59 Å². The Morgan fingerprint density at radius 1 is 1.03 bits per heavy atom. The lowest BCUT2D eigenvalue weighted by Gasteiger charge is -2.25. The summed E-state index contributed by atoms with van der Waals surface area (Å²) >= 11 is 0. The molecule has 2 heterocycles. The van der Waals surface area contributed by atoms with Crippen LogP contribution in [-0.4, -0.2) is 63.8 Å². The zero-order chi connectivity index (χ0) is 23.8. The van der Waals surface area contributed by atoms with E-state index in [4.69, 9.17) is 9.47 Å². The summed E-state index contributed by atoms with van der Waals surface area (Å²) in [5, 5.41) is 2.72. The number of hydrogen-bond acceptors (Lipinski definition) is 8. The van der Waals surface area contributed by atoms with Crippen LogP contribution in [0.5, 0.6) is 0 Å². The standard InChI is InChI=1S/C22H21N3O7S/c1-31-21(27)13-10-14(22(28)32-2)12-15(11-13)23-20(26)17-7-5-9-25(17)19-16-6-3-4-8-18(16)33(29,30)24-19/h3-4,6,8,10-12,17H,5,7,9H2,1-2H3,(H,23,26)/t17-/m0/s1. The Morgan fingerprint density at radius 2 is 1.67 bits per heavy atom. The Kier molecular flexibility index (Phi) is 5.90. The number of anilines is 1. The summed E-state index contributed by atoms with van der Waals surface area (Å²) in [4.78, 5) is 39.0. The van der Waals surface area contributed by atoms with Gasteiger partial charge in [0.15, 0.2) is 5.84 Å². The first-order valence-corrected chi connectivity index (χ1v) is 11.5. The van der Waals surface area contributed by atoms with Crippen molar-refractivity contribution < 1.29 is 32.3 Å². The van der Waals surface area contributed by atoms with Crippen molar-refractivity contribution >= 4 is 39.4 Å². The number of methoxy groups -OCH3 is 2. The molecule has 2 aromatic rings. The van der Waals surface area contributed by atoms with Gasteiger partial charge in [0.25, 0.3) is 10.0 Å². The second-order valence-electron chi connectivity index (χ2n) is 7.51. The molecular weight excluding hydrogens is 450 g/mol. The van der Waals surface area contributed by atoms with Crippen molar-refractivity contribution in [3.05, 3.63) is 59.2 Å². The molecule has 0 bridgehead atoms. The van der Waals surface area contributed by atoms with E-state index in [9.17, 15) is 22.8 Å². The fourth-order valence-corrected chi connectivity index (χ4v) is 5.20. The highest BCUT2D eigenvalue weighted by atomic mass is 32.2. The number of carbonyl (C=O) groups excluding carboxylic acids is 3. The van der Waals surface area contributed by atoms with Crippen molar-refractivity contribution in [2.75, 3.05) is 26.1 Å². The third kappa shape index (κ3) is 4.19. The van der Waals surface area contributed by atoms with Crippen molar-refractivity contribution in [1.29, 1.82) is 0 Å². The van der Waals surface area contributed by atoms with Crippen LogP contribution in [0.4, 0.5) is 5.69 Å². The largest absolute Gasteiger partial charge is 0.465 e. The van der Waals surface area contributed by atoms with E-state index >= 15 is 0 Å². The average molecular weight is 471 g/mol. The molecule has 1 atom stereocenters. The second kappa shape index (κ2) is 8.66. The van der Waals surface area contributed by atoms with Gasteiger partial charge in [0.05, 0.1) is 25.3 Å². The van der Waals surface area contributed by atoms with Gasteiger partial charge in [-0.3, -0.25) is 4.79 Å². The number of amidine groups is 1. The number of amides is 1. The maximum Gasteiger partial charge on any atom is 0.337 e. The molecule has 172 valence electrons. The van der Waals surface area contributed by atoms with Crippen molar-refractivity contribution in [3.63, 3.8) is 0 Å².